The van der Waals surface area contributed by atoms with Gasteiger partial charge in [0.05, 0.1) is 0 Å². The van der Waals surface area contributed by atoms with Gasteiger partial charge in [-0.3, -0.25) is 0 Å². The highest BCUT2D eigenvalue weighted by Gasteiger charge is 2.05. The highest BCUT2D eigenvalue weighted by atomic mass is 19.1. The lowest BCUT2D eigenvalue weighted by Crippen LogP contribution is -1.98. The van der Waals surface area contributed by atoms with E-state index in [2.05, 4.69) is 0 Å². The number of halogens is 2. The Morgan fingerprint density at radius 2 is 1.68 bits per heavy atom. The summed E-state index contributed by atoms with van der Waals surface area (Å²) < 4.78 is 26.5. The Balaban J connectivity index is 2.43. The predicted octanol–water partition coefficient (Wildman–Crippen LogP) is 4.04. The minimum Gasteiger partial charge on any atom is -0.398 e. The second-order valence-electron chi connectivity index (χ2n) is 4.57. The Morgan fingerprint density at radius 1 is 1.05 bits per heavy atom. The van der Waals surface area contributed by atoms with Gasteiger partial charge in [-0.1, -0.05) is 18.2 Å². The monoisotopic (exact) mass is 259 g/mol. The maximum Gasteiger partial charge on any atom is 0.126 e. The second kappa shape index (κ2) is 5.22. The molecule has 0 unspecified atom stereocenters. The molecule has 2 N–H and O–H groups in total. The Kier molecular flexibility index (Phi) is 3.65. The van der Waals surface area contributed by atoms with Crippen molar-refractivity contribution >= 4 is 11.8 Å². The van der Waals surface area contributed by atoms with Crippen LogP contribution >= 0.6 is 0 Å². The molecule has 2 aromatic rings. The molecule has 0 radical (unpaired) electrons. The molecule has 2 aromatic carbocycles. The molecule has 19 heavy (non-hydrogen) atoms. The summed E-state index contributed by atoms with van der Waals surface area (Å²) in [6, 6.07) is 9.25. The van der Waals surface area contributed by atoms with E-state index in [1.807, 2.05) is 13.0 Å². The summed E-state index contributed by atoms with van der Waals surface area (Å²) in [5.74, 6) is -0.563. The van der Waals surface area contributed by atoms with Gasteiger partial charge in [-0.05, 0) is 60.4 Å². The van der Waals surface area contributed by atoms with Gasteiger partial charge in [-0.2, -0.15) is 0 Å². The zero-order chi connectivity index (χ0) is 14.0. The van der Waals surface area contributed by atoms with Gasteiger partial charge in [0.2, 0.25) is 0 Å². The van der Waals surface area contributed by atoms with Gasteiger partial charge >= 0.3 is 0 Å². The summed E-state index contributed by atoms with van der Waals surface area (Å²) in [4.78, 5) is 0. The Hall–Kier alpha value is -2.16. The van der Waals surface area contributed by atoms with Crippen molar-refractivity contribution in [3.05, 3.63) is 70.3 Å². The van der Waals surface area contributed by atoms with E-state index in [1.165, 1.54) is 18.2 Å². The topological polar surface area (TPSA) is 26.0 Å². The van der Waals surface area contributed by atoms with Crippen LogP contribution in [-0.4, -0.2) is 0 Å². The standard InChI is InChI=1S/C16H15F2N/c1-10-7-13(11(2)15(18)8-10)9-16(19)12-3-5-14(17)6-4-12/h3-9H,19H2,1-2H3/b16-9-. The van der Waals surface area contributed by atoms with Crippen molar-refractivity contribution in [3.63, 3.8) is 0 Å². The van der Waals surface area contributed by atoms with Gasteiger partial charge in [-0.15, -0.1) is 0 Å². The van der Waals surface area contributed by atoms with Crippen molar-refractivity contribution in [2.75, 3.05) is 0 Å². The van der Waals surface area contributed by atoms with E-state index in [0.29, 0.717) is 16.8 Å². The first kappa shape index (κ1) is 13.3. The summed E-state index contributed by atoms with van der Waals surface area (Å²) in [7, 11) is 0. The fourth-order valence-corrected chi connectivity index (χ4v) is 1.88. The van der Waals surface area contributed by atoms with E-state index >= 15 is 0 Å². The first-order chi connectivity index (χ1) is 8.97. The van der Waals surface area contributed by atoms with Crippen molar-refractivity contribution in [1.29, 1.82) is 0 Å². The predicted molar refractivity (Wildman–Crippen MR) is 74.3 cm³/mol. The molecule has 0 bridgehead atoms. The quantitative estimate of drug-likeness (QED) is 0.809. The Bertz CT molecular complexity index is 628. The highest BCUT2D eigenvalue weighted by Crippen LogP contribution is 2.20. The molecule has 0 saturated carbocycles. The van der Waals surface area contributed by atoms with E-state index < -0.39 is 0 Å². The van der Waals surface area contributed by atoms with Crippen LogP contribution in [0.4, 0.5) is 8.78 Å². The Morgan fingerprint density at radius 3 is 2.32 bits per heavy atom. The molecule has 0 aromatic heterocycles. The van der Waals surface area contributed by atoms with Gasteiger partial charge in [0.15, 0.2) is 0 Å². The molecule has 0 aliphatic rings. The second-order valence-corrected chi connectivity index (χ2v) is 4.57. The van der Waals surface area contributed by atoms with Crippen LogP contribution in [0.25, 0.3) is 11.8 Å². The number of nitrogens with two attached hydrogens (primary N) is 1. The summed E-state index contributed by atoms with van der Waals surface area (Å²) in [6.45, 7) is 3.53. The van der Waals surface area contributed by atoms with Crippen molar-refractivity contribution in [3.8, 4) is 0 Å². The number of hydrogen-bond acceptors (Lipinski definition) is 1. The normalized spacial score (nSPS) is 11.7. The van der Waals surface area contributed by atoms with Gasteiger partial charge in [-0.25, -0.2) is 8.78 Å². The van der Waals surface area contributed by atoms with Crippen LogP contribution in [0, 0.1) is 25.5 Å². The third-order valence-corrected chi connectivity index (χ3v) is 3.02. The smallest absolute Gasteiger partial charge is 0.126 e. The molecule has 0 fully saturated rings. The molecular weight excluding hydrogens is 244 g/mol. The van der Waals surface area contributed by atoms with Gasteiger partial charge in [0.1, 0.15) is 11.6 Å². The van der Waals surface area contributed by atoms with Crippen LogP contribution in [-0.2, 0) is 0 Å². The lowest BCUT2D eigenvalue weighted by molar-refractivity contribution is 0.617. The number of aryl methyl sites for hydroxylation is 1. The fraction of sp³-hybridized carbons (Fsp3) is 0.125. The summed E-state index contributed by atoms with van der Waals surface area (Å²) in [5, 5.41) is 0. The minimum absolute atomic E-state index is 0.252. The largest absolute Gasteiger partial charge is 0.398 e. The lowest BCUT2D eigenvalue weighted by atomic mass is 10.0. The molecule has 0 aliphatic carbocycles. The maximum atomic E-state index is 13.6. The van der Waals surface area contributed by atoms with Gasteiger partial charge < -0.3 is 5.73 Å². The summed E-state index contributed by atoms with van der Waals surface area (Å²) >= 11 is 0. The number of hydrogen-bond donors (Lipinski definition) is 1. The number of rotatable bonds is 2. The molecule has 0 atom stereocenters. The fourth-order valence-electron chi connectivity index (χ4n) is 1.88. The molecule has 0 saturated heterocycles. The first-order valence-corrected chi connectivity index (χ1v) is 5.97. The highest BCUT2D eigenvalue weighted by molar-refractivity contribution is 5.80. The molecule has 2 rings (SSSR count). The van der Waals surface area contributed by atoms with E-state index in [9.17, 15) is 8.78 Å². The van der Waals surface area contributed by atoms with E-state index in [4.69, 9.17) is 5.73 Å². The molecule has 0 aliphatic heterocycles. The zero-order valence-electron chi connectivity index (χ0n) is 10.9. The third kappa shape index (κ3) is 2.99. The molecule has 98 valence electrons. The Labute approximate surface area is 111 Å². The zero-order valence-corrected chi connectivity index (χ0v) is 10.9. The van der Waals surface area contributed by atoms with Crippen molar-refractivity contribution in [2.24, 2.45) is 5.73 Å². The molecule has 0 spiro atoms. The van der Waals surface area contributed by atoms with Crippen LogP contribution in [0.3, 0.4) is 0 Å². The van der Waals surface area contributed by atoms with Crippen LogP contribution < -0.4 is 5.73 Å². The molecule has 3 heteroatoms. The average molecular weight is 259 g/mol. The average Bonchev–Trinajstić information content (AvgIpc) is 2.36. The number of benzene rings is 2. The van der Waals surface area contributed by atoms with Gasteiger partial charge in [0, 0.05) is 5.70 Å². The molecular formula is C16H15F2N. The van der Waals surface area contributed by atoms with Crippen LogP contribution in [0.2, 0.25) is 0 Å². The van der Waals surface area contributed by atoms with Crippen LogP contribution in [0.15, 0.2) is 36.4 Å². The molecule has 1 nitrogen and oxygen atoms in total. The van der Waals surface area contributed by atoms with Crippen molar-refractivity contribution < 1.29 is 8.78 Å². The van der Waals surface area contributed by atoms with Crippen molar-refractivity contribution in [2.45, 2.75) is 13.8 Å². The third-order valence-electron chi connectivity index (χ3n) is 3.02. The van der Waals surface area contributed by atoms with E-state index in [-0.39, 0.29) is 11.6 Å². The maximum absolute atomic E-state index is 13.6. The van der Waals surface area contributed by atoms with Crippen molar-refractivity contribution in [1.82, 2.24) is 0 Å². The van der Waals surface area contributed by atoms with Gasteiger partial charge in [0.25, 0.3) is 0 Å². The van der Waals surface area contributed by atoms with E-state index in [1.54, 1.807) is 25.1 Å². The molecule has 0 heterocycles. The molecule has 0 amide bonds. The first-order valence-electron chi connectivity index (χ1n) is 5.97. The summed E-state index contributed by atoms with van der Waals surface area (Å²) in [6.07, 6.45) is 1.71. The van der Waals surface area contributed by atoms with Crippen LogP contribution in [0.1, 0.15) is 22.3 Å². The minimum atomic E-state index is -0.311. The van der Waals surface area contributed by atoms with E-state index in [0.717, 1.165) is 11.1 Å². The summed E-state index contributed by atoms with van der Waals surface area (Å²) in [5.41, 5.74) is 9.27. The lowest BCUT2D eigenvalue weighted by Gasteiger charge is -2.07. The van der Waals surface area contributed by atoms with Crippen LogP contribution in [0.5, 0.6) is 0 Å². The SMILES string of the molecule is Cc1cc(F)c(C)c(/C=C(\N)c2ccc(F)cc2)c1.